The second-order valence-electron chi connectivity index (χ2n) is 7.64. The van der Waals surface area contributed by atoms with E-state index in [-0.39, 0.29) is 6.04 Å². The van der Waals surface area contributed by atoms with Crippen LogP contribution >= 0.6 is 0 Å². The molecule has 0 aliphatic carbocycles. The maximum Gasteiger partial charge on any atom is 0.134 e. The molecule has 1 atom stereocenters. The predicted molar refractivity (Wildman–Crippen MR) is 125 cm³/mol. The quantitative estimate of drug-likeness (QED) is 0.634. The van der Waals surface area contributed by atoms with E-state index in [0.29, 0.717) is 0 Å². The van der Waals surface area contributed by atoms with E-state index in [2.05, 4.69) is 98.8 Å². The molecular formula is C25H29N5. The van der Waals surface area contributed by atoms with Gasteiger partial charge in [-0.3, -0.25) is 4.90 Å². The predicted octanol–water partition coefficient (Wildman–Crippen LogP) is 4.49. The molecule has 2 aromatic carbocycles. The van der Waals surface area contributed by atoms with Crippen LogP contribution in [0.4, 0.5) is 11.6 Å². The first-order chi connectivity index (χ1) is 14.8. The Kier molecular flexibility index (Phi) is 6.72. The maximum atomic E-state index is 4.51. The van der Waals surface area contributed by atoms with E-state index in [4.69, 9.17) is 0 Å². The molecule has 1 aliphatic heterocycles. The van der Waals surface area contributed by atoms with E-state index in [0.717, 1.165) is 44.4 Å². The summed E-state index contributed by atoms with van der Waals surface area (Å²) in [4.78, 5) is 13.8. The summed E-state index contributed by atoms with van der Waals surface area (Å²) in [6.45, 7) is 7.15. The van der Waals surface area contributed by atoms with Gasteiger partial charge in [0.25, 0.3) is 0 Å². The topological polar surface area (TPSA) is 44.3 Å². The SMILES string of the molecule is CC(Nc1cc(N2CCN(C/C=C/c3ccccc3)CC2)ncn1)c1ccccc1. The Morgan fingerprint density at radius 2 is 1.63 bits per heavy atom. The van der Waals surface area contributed by atoms with Gasteiger partial charge in [-0.15, -0.1) is 0 Å². The van der Waals surface area contributed by atoms with Crippen LogP contribution in [0.25, 0.3) is 6.08 Å². The average molecular weight is 400 g/mol. The molecule has 2 heterocycles. The number of rotatable bonds is 7. The third-order valence-corrected chi connectivity index (χ3v) is 5.49. The average Bonchev–Trinajstić information content (AvgIpc) is 2.81. The van der Waals surface area contributed by atoms with Crippen molar-refractivity contribution in [2.45, 2.75) is 13.0 Å². The summed E-state index contributed by atoms with van der Waals surface area (Å²) in [7, 11) is 0. The Hall–Kier alpha value is -3.18. The summed E-state index contributed by atoms with van der Waals surface area (Å²) < 4.78 is 0. The fourth-order valence-electron chi connectivity index (χ4n) is 3.71. The third kappa shape index (κ3) is 5.45. The molecule has 1 saturated heterocycles. The summed E-state index contributed by atoms with van der Waals surface area (Å²) in [6, 6.07) is 23.1. The zero-order valence-electron chi connectivity index (χ0n) is 17.5. The maximum absolute atomic E-state index is 4.51. The zero-order valence-corrected chi connectivity index (χ0v) is 17.5. The van der Waals surface area contributed by atoms with Crippen molar-refractivity contribution >= 4 is 17.7 Å². The van der Waals surface area contributed by atoms with Crippen LogP contribution in [0.2, 0.25) is 0 Å². The van der Waals surface area contributed by atoms with Gasteiger partial charge in [0.2, 0.25) is 0 Å². The number of hydrogen-bond donors (Lipinski definition) is 1. The van der Waals surface area contributed by atoms with Gasteiger partial charge in [-0.2, -0.15) is 0 Å². The van der Waals surface area contributed by atoms with Crippen LogP contribution in [0.3, 0.4) is 0 Å². The molecular weight excluding hydrogens is 370 g/mol. The molecule has 1 N–H and O–H groups in total. The molecule has 1 aliphatic rings. The fourth-order valence-corrected chi connectivity index (χ4v) is 3.71. The number of hydrogen-bond acceptors (Lipinski definition) is 5. The van der Waals surface area contributed by atoms with Gasteiger partial charge in [0.05, 0.1) is 0 Å². The highest BCUT2D eigenvalue weighted by atomic mass is 15.3. The smallest absolute Gasteiger partial charge is 0.134 e. The van der Waals surface area contributed by atoms with Crippen LogP contribution in [0.1, 0.15) is 24.1 Å². The first kappa shape index (κ1) is 20.1. The van der Waals surface area contributed by atoms with Gasteiger partial charge in [-0.25, -0.2) is 9.97 Å². The third-order valence-electron chi connectivity index (χ3n) is 5.49. The summed E-state index contributed by atoms with van der Waals surface area (Å²) in [5.74, 6) is 1.86. The zero-order chi connectivity index (χ0) is 20.6. The molecule has 0 amide bonds. The van der Waals surface area contributed by atoms with E-state index >= 15 is 0 Å². The van der Waals surface area contributed by atoms with Crippen LogP contribution in [0.5, 0.6) is 0 Å². The summed E-state index contributed by atoms with van der Waals surface area (Å²) in [5.41, 5.74) is 2.50. The summed E-state index contributed by atoms with van der Waals surface area (Å²) in [5, 5.41) is 3.49. The van der Waals surface area contributed by atoms with Gasteiger partial charge >= 0.3 is 0 Å². The van der Waals surface area contributed by atoms with E-state index in [1.165, 1.54) is 11.1 Å². The first-order valence-electron chi connectivity index (χ1n) is 10.6. The van der Waals surface area contributed by atoms with Crippen molar-refractivity contribution in [3.63, 3.8) is 0 Å². The lowest BCUT2D eigenvalue weighted by Gasteiger charge is -2.35. The van der Waals surface area contributed by atoms with Crippen molar-refractivity contribution in [3.8, 4) is 0 Å². The highest BCUT2D eigenvalue weighted by Gasteiger charge is 2.18. The van der Waals surface area contributed by atoms with E-state index in [9.17, 15) is 0 Å². The molecule has 30 heavy (non-hydrogen) atoms. The van der Waals surface area contributed by atoms with Crippen molar-refractivity contribution in [1.82, 2.24) is 14.9 Å². The van der Waals surface area contributed by atoms with E-state index in [1.807, 2.05) is 12.1 Å². The van der Waals surface area contributed by atoms with Crippen molar-refractivity contribution in [2.75, 3.05) is 42.9 Å². The second-order valence-corrected chi connectivity index (χ2v) is 7.64. The molecule has 3 aromatic rings. The summed E-state index contributed by atoms with van der Waals surface area (Å²) >= 11 is 0. The Morgan fingerprint density at radius 1 is 0.933 bits per heavy atom. The highest BCUT2D eigenvalue weighted by molar-refractivity contribution is 5.50. The lowest BCUT2D eigenvalue weighted by Crippen LogP contribution is -2.46. The van der Waals surface area contributed by atoms with E-state index < -0.39 is 0 Å². The monoisotopic (exact) mass is 399 g/mol. The lowest BCUT2D eigenvalue weighted by molar-refractivity contribution is 0.283. The molecule has 0 spiro atoms. The van der Waals surface area contributed by atoms with Gasteiger partial charge in [-0.05, 0) is 18.1 Å². The van der Waals surface area contributed by atoms with Crippen LogP contribution in [0.15, 0.2) is 79.1 Å². The first-order valence-corrected chi connectivity index (χ1v) is 10.6. The number of nitrogens with one attached hydrogen (secondary N) is 1. The molecule has 1 fully saturated rings. The van der Waals surface area contributed by atoms with Crippen molar-refractivity contribution in [2.24, 2.45) is 0 Å². The van der Waals surface area contributed by atoms with Crippen molar-refractivity contribution in [3.05, 3.63) is 90.3 Å². The Bertz CT molecular complexity index is 934. The molecule has 4 rings (SSSR count). The standard InChI is InChI=1S/C25H29N5/c1-21(23-12-6-3-7-13-23)28-24-19-25(27-20-26-24)30-17-15-29(16-18-30)14-8-11-22-9-4-2-5-10-22/h2-13,19-21H,14-18H2,1H3,(H,26,27,28)/b11-8+. The Morgan fingerprint density at radius 3 is 2.37 bits per heavy atom. The van der Waals surface area contributed by atoms with Gasteiger partial charge in [0, 0.05) is 44.8 Å². The Balaban J connectivity index is 1.29. The van der Waals surface area contributed by atoms with Gasteiger partial charge in [0.15, 0.2) is 0 Å². The number of benzene rings is 2. The van der Waals surface area contributed by atoms with Crippen LogP contribution in [-0.4, -0.2) is 47.6 Å². The fraction of sp³-hybridized carbons (Fsp3) is 0.280. The van der Waals surface area contributed by atoms with Crippen LogP contribution < -0.4 is 10.2 Å². The lowest BCUT2D eigenvalue weighted by atomic mass is 10.1. The number of nitrogens with zero attached hydrogens (tertiary/aromatic N) is 4. The number of piperazine rings is 1. The molecule has 0 bridgehead atoms. The van der Waals surface area contributed by atoms with Crippen LogP contribution in [0, 0.1) is 0 Å². The molecule has 1 unspecified atom stereocenters. The normalized spacial score (nSPS) is 16.0. The van der Waals surface area contributed by atoms with Gasteiger partial charge in [-0.1, -0.05) is 72.8 Å². The second kappa shape index (κ2) is 10.0. The Labute approximate surface area is 179 Å². The largest absolute Gasteiger partial charge is 0.363 e. The van der Waals surface area contributed by atoms with Gasteiger partial charge < -0.3 is 10.2 Å². The van der Waals surface area contributed by atoms with E-state index in [1.54, 1.807) is 6.33 Å². The van der Waals surface area contributed by atoms with Crippen molar-refractivity contribution < 1.29 is 0 Å². The summed E-state index contributed by atoms with van der Waals surface area (Å²) in [6.07, 6.45) is 6.11. The van der Waals surface area contributed by atoms with Crippen molar-refractivity contribution in [1.29, 1.82) is 0 Å². The van der Waals surface area contributed by atoms with Gasteiger partial charge in [0.1, 0.15) is 18.0 Å². The number of anilines is 2. The number of aromatic nitrogens is 2. The molecule has 5 heteroatoms. The molecule has 0 saturated carbocycles. The van der Waals surface area contributed by atoms with Crippen LogP contribution in [-0.2, 0) is 0 Å². The molecule has 0 radical (unpaired) electrons. The molecule has 1 aromatic heterocycles. The highest BCUT2D eigenvalue weighted by Crippen LogP contribution is 2.21. The minimum Gasteiger partial charge on any atom is -0.363 e. The minimum atomic E-state index is 0.196. The molecule has 154 valence electrons. The molecule has 5 nitrogen and oxygen atoms in total. The minimum absolute atomic E-state index is 0.196.